The molecule has 4 heteroatoms. The van der Waals surface area contributed by atoms with E-state index in [-0.39, 0.29) is 5.91 Å². The van der Waals surface area contributed by atoms with E-state index in [2.05, 4.69) is 29.8 Å². The van der Waals surface area contributed by atoms with E-state index >= 15 is 0 Å². The third kappa shape index (κ3) is 3.30. The van der Waals surface area contributed by atoms with Crippen LogP contribution in [0.1, 0.15) is 37.0 Å². The van der Waals surface area contributed by atoms with Gasteiger partial charge in [0.1, 0.15) is 0 Å². The van der Waals surface area contributed by atoms with Crippen LogP contribution >= 0.6 is 15.9 Å². The molecule has 3 nitrogen and oxygen atoms in total. The van der Waals surface area contributed by atoms with E-state index in [4.69, 9.17) is 5.73 Å². The molecule has 1 aromatic carbocycles. The normalized spacial score (nSPS) is 23.4. The van der Waals surface area contributed by atoms with Crippen LogP contribution in [0.2, 0.25) is 0 Å². The first kappa shape index (κ1) is 14.4. The Bertz CT molecular complexity index is 475. The summed E-state index contributed by atoms with van der Waals surface area (Å²) in [4.78, 5) is 14.6. The van der Waals surface area contributed by atoms with Crippen molar-refractivity contribution in [2.24, 2.45) is 11.8 Å². The fraction of sp³-hybridized carbons (Fsp3) is 0.533. The van der Waals surface area contributed by atoms with E-state index in [1.807, 2.05) is 17.0 Å². The maximum Gasteiger partial charge on any atom is 0.256 e. The molecule has 1 saturated heterocycles. The highest BCUT2D eigenvalue weighted by molar-refractivity contribution is 9.10. The average Bonchev–Trinajstić information content (AvgIpc) is 2.40. The van der Waals surface area contributed by atoms with Gasteiger partial charge in [0, 0.05) is 23.2 Å². The number of piperidine rings is 1. The highest BCUT2D eigenvalue weighted by Gasteiger charge is 2.28. The van der Waals surface area contributed by atoms with Gasteiger partial charge >= 0.3 is 0 Å². The molecular weight excluding hydrogens is 304 g/mol. The zero-order valence-corrected chi connectivity index (χ0v) is 13.1. The Hall–Kier alpha value is -1.03. The smallest absolute Gasteiger partial charge is 0.256 e. The number of anilines is 1. The predicted molar refractivity (Wildman–Crippen MR) is 82.0 cm³/mol. The molecule has 2 rings (SSSR count). The number of halogens is 1. The summed E-state index contributed by atoms with van der Waals surface area (Å²) < 4.78 is 0.891. The van der Waals surface area contributed by atoms with Crippen molar-refractivity contribution >= 4 is 27.5 Å². The lowest BCUT2D eigenvalue weighted by molar-refractivity contribution is 0.0606. The van der Waals surface area contributed by atoms with E-state index in [0.29, 0.717) is 23.1 Å². The van der Waals surface area contributed by atoms with Crippen LogP contribution in [0.5, 0.6) is 0 Å². The predicted octanol–water partition coefficient (Wildman–Crippen LogP) is 3.54. The lowest BCUT2D eigenvalue weighted by Gasteiger charge is -2.36. The second kappa shape index (κ2) is 5.95. The molecule has 19 heavy (non-hydrogen) atoms. The van der Waals surface area contributed by atoms with Gasteiger partial charge in [0.15, 0.2) is 0 Å². The Balaban J connectivity index is 2.21. The van der Waals surface area contributed by atoms with Crippen molar-refractivity contribution in [3.8, 4) is 0 Å². The van der Waals surface area contributed by atoms with Crippen LogP contribution in [0.3, 0.4) is 0 Å². The third-order valence-electron chi connectivity index (χ3n) is 3.86. The SMILES string of the molecule is CCC1CC(C)CN(C(=O)c2cc(Br)ccc2N)C1. The van der Waals surface area contributed by atoms with Gasteiger partial charge in [-0.15, -0.1) is 0 Å². The number of carbonyl (C=O) groups is 1. The molecule has 0 spiro atoms. The maximum absolute atomic E-state index is 12.6. The molecular formula is C15H21BrN2O. The van der Waals surface area contributed by atoms with Crippen LogP contribution in [0, 0.1) is 11.8 Å². The van der Waals surface area contributed by atoms with E-state index in [1.165, 1.54) is 6.42 Å². The van der Waals surface area contributed by atoms with E-state index < -0.39 is 0 Å². The molecule has 1 amide bonds. The lowest BCUT2D eigenvalue weighted by atomic mass is 9.88. The first-order valence-electron chi connectivity index (χ1n) is 6.85. The van der Waals surface area contributed by atoms with Crippen molar-refractivity contribution in [2.75, 3.05) is 18.8 Å². The monoisotopic (exact) mass is 324 g/mol. The summed E-state index contributed by atoms with van der Waals surface area (Å²) in [7, 11) is 0. The molecule has 2 atom stereocenters. The Morgan fingerprint density at radius 1 is 1.47 bits per heavy atom. The number of benzene rings is 1. The largest absolute Gasteiger partial charge is 0.398 e. The standard InChI is InChI=1S/C15H21BrN2O/c1-3-11-6-10(2)8-18(9-11)15(19)13-7-12(16)4-5-14(13)17/h4-5,7,10-11H,3,6,8-9,17H2,1-2H3. The Kier molecular flexibility index (Phi) is 4.50. The Morgan fingerprint density at radius 2 is 2.21 bits per heavy atom. The van der Waals surface area contributed by atoms with Crippen molar-refractivity contribution in [2.45, 2.75) is 26.7 Å². The number of hydrogen-bond donors (Lipinski definition) is 1. The van der Waals surface area contributed by atoms with Gasteiger partial charge in [-0.25, -0.2) is 0 Å². The number of nitrogen functional groups attached to an aromatic ring is 1. The van der Waals surface area contributed by atoms with E-state index in [9.17, 15) is 4.79 Å². The number of nitrogens with zero attached hydrogens (tertiary/aromatic N) is 1. The molecule has 104 valence electrons. The van der Waals surface area contributed by atoms with Crippen molar-refractivity contribution in [3.05, 3.63) is 28.2 Å². The molecule has 1 aromatic rings. The first-order chi connectivity index (χ1) is 9.01. The van der Waals surface area contributed by atoms with Gasteiger partial charge in [-0.1, -0.05) is 36.2 Å². The number of hydrogen-bond acceptors (Lipinski definition) is 2. The van der Waals surface area contributed by atoms with E-state index in [1.54, 1.807) is 6.07 Å². The number of nitrogens with two attached hydrogens (primary N) is 1. The van der Waals surface area contributed by atoms with Gasteiger partial charge in [0.25, 0.3) is 5.91 Å². The quantitative estimate of drug-likeness (QED) is 0.846. The highest BCUT2D eigenvalue weighted by atomic mass is 79.9. The zero-order valence-electron chi connectivity index (χ0n) is 11.5. The molecule has 1 aliphatic heterocycles. The van der Waals surface area contributed by atoms with Gasteiger partial charge < -0.3 is 10.6 Å². The molecule has 0 aliphatic carbocycles. The maximum atomic E-state index is 12.6. The van der Waals surface area contributed by atoms with Crippen molar-refractivity contribution < 1.29 is 4.79 Å². The van der Waals surface area contributed by atoms with Gasteiger partial charge in [-0.3, -0.25) is 4.79 Å². The minimum absolute atomic E-state index is 0.0591. The molecule has 2 unspecified atom stereocenters. The van der Waals surface area contributed by atoms with Gasteiger partial charge in [0.05, 0.1) is 5.56 Å². The van der Waals surface area contributed by atoms with Crippen LogP contribution < -0.4 is 5.73 Å². The summed E-state index contributed by atoms with van der Waals surface area (Å²) in [6.07, 6.45) is 2.34. The first-order valence-corrected chi connectivity index (χ1v) is 7.64. The summed E-state index contributed by atoms with van der Waals surface area (Å²) in [6.45, 7) is 6.10. The minimum Gasteiger partial charge on any atom is -0.398 e. The van der Waals surface area contributed by atoms with Gasteiger partial charge in [-0.2, -0.15) is 0 Å². The summed E-state index contributed by atoms with van der Waals surface area (Å²) in [5.74, 6) is 1.24. The molecule has 0 bridgehead atoms. The van der Waals surface area contributed by atoms with Crippen molar-refractivity contribution in [3.63, 3.8) is 0 Å². The van der Waals surface area contributed by atoms with Crippen LogP contribution in [0.4, 0.5) is 5.69 Å². The van der Waals surface area contributed by atoms with Gasteiger partial charge in [0.2, 0.25) is 0 Å². The number of carbonyl (C=O) groups excluding carboxylic acids is 1. The summed E-state index contributed by atoms with van der Waals surface area (Å²) >= 11 is 3.40. The number of rotatable bonds is 2. The number of likely N-dealkylation sites (tertiary alicyclic amines) is 1. The fourth-order valence-corrected chi connectivity index (χ4v) is 3.19. The minimum atomic E-state index is 0.0591. The second-order valence-electron chi connectivity index (χ2n) is 5.56. The molecule has 1 heterocycles. The third-order valence-corrected chi connectivity index (χ3v) is 4.35. The second-order valence-corrected chi connectivity index (χ2v) is 6.47. The van der Waals surface area contributed by atoms with E-state index in [0.717, 1.165) is 24.0 Å². The molecule has 0 saturated carbocycles. The molecule has 2 N–H and O–H groups in total. The Labute approximate surface area is 123 Å². The topological polar surface area (TPSA) is 46.3 Å². The van der Waals surface area contributed by atoms with Crippen LogP contribution in [0.15, 0.2) is 22.7 Å². The molecule has 0 aromatic heterocycles. The lowest BCUT2D eigenvalue weighted by Crippen LogP contribution is -2.43. The van der Waals surface area contributed by atoms with Gasteiger partial charge in [-0.05, 0) is 36.5 Å². The molecule has 0 radical (unpaired) electrons. The van der Waals surface area contributed by atoms with Crippen molar-refractivity contribution in [1.29, 1.82) is 0 Å². The fourth-order valence-electron chi connectivity index (χ4n) is 2.83. The molecule has 1 aliphatic rings. The summed E-state index contributed by atoms with van der Waals surface area (Å²) in [5.41, 5.74) is 7.10. The van der Waals surface area contributed by atoms with Crippen LogP contribution in [0.25, 0.3) is 0 Å². The Morgan fingerprint density at radius 3 is 2.89 bits per heavy atom. The van der Waals surface area contributed by atoms with Crippen LogP contribution in [-0.4, -0.2) is 23.9 Å². The number of amides is 1. The highest BCUT2D eigenvalue weighted by Crippen LogP contribution is 2.27. The van der Waals surface area contributed by atoms with Crippen LogP contribution in [-0.2, 0) is 0 Å². The zero-order chi connectivity index (χ0) is 14.0. The summed E-state index contributed by atoms with van der Waals surface area (Å²) in [5, 5.41) is 0. The molecule has 1 fully saturated rings. The summed E-state index contributed by atoms with van der Waals surface area (Å²) in [6, 6.07) is 5.46. The van der Waals surface area contributed by atoms with Crippen molar-refractivity contribution in [1.82, 2.24) is 4.90 Å². The average molecular weight is 325 g/mol.